The van der Waals surface area contributed by atoms with Crippen LogP contribution in [0.15, 0.2) is 77.7 Å². The van der Waals surface area contributed by atoms with Crippen LogP contribution in [0.4, 0.5) is 4.39 Å². The van der Waals surface area contributed by atoms with Gasteiger partial charge >= 0.3 is 5.97 Å². The van der Waals surface area contributed by atoms with Crippen LogP contribution in [0.2, 0.25) is 0 Å². The van der Waals surface area contributed by atoms with Gasteiger partial charge in [-0.2, -0.15) is 0 Å². The minimum Gasteiger partial charge on any atom is -0.489 e. The molecule has 1 unspecified atom stereocenters. The second-order valence-electron chi connectivity index (χ2n) is 7.98. The first-order chi connectivity index (χ1) is 17.4. The van der Waals surface area contributed by atoms with E-state index in [4.69, 9.17) is 21.7 Å². The zero-order chi connectivity index (χ0) is 25.5. The zero-order valence-corrected chi connectivity index (χ0v) is 22.9. The first kappa shape index (κ1) is 26.4. The molecule has 0 spiro atoms. The molecule has 1 atom stereocenters. The number of hydrogen-bond acceptors (Lipinski definition) is 5. The van der Waals surface area contributed by atoms with Gasteiger partial charge in [0.25, 0.3) is 0 Å². The molecule has 0 radical (unpaired) electrons. The van der Waals surface area contributed by atoms with Crippen molar-refractivity contribution < 1.29 is 23.8 Å². The predicted molar refractivity (Wildman–Crippen MR) is 153 cm³/mol. The highest BCUT2D eigenvalue weighted by atomic mass is 127. The number of carboxylic acids is 1. The predicted octanol–water partition coefficient (Wildman–Crippen LogP) is 6.55. The normalized spacial score (nSPS) is 16.4. The molecule has 4 rings (SSSR count). The Balaban J connectivity index is 1.52. The molecule has 0 saturated carbocycles. The van der Waals surface area contributed by atoms with E-state index in [-0.39, 0.29) is 16.4 Å². The molecule has 1 saturated heterocycles. The molecule has 9 heteroatoms. The van der Waals surface area contributed by atoms with Crippen LogP contribution < -0.4 is 9.47 Å². The van der Waals surface area contributed by atoms with Crippen LogP contribution >= 0.6 is 46.6 Å². The van der Waals surface area contributed by atoms with Gasteiger partial charge in [0.15, 0.2) is 11.5 Å². The molecular weight excluding hydrogens is 612 g/mol. The lowest BCUT2D eigenvalue weighted by molar-refractivity contribution is -0.137. The first-order valence-electron chi connectivity index (χ1n) is 11.1. The molecule has 1 fully saturated rings. The molecule has 1 heterocycles. The summed E-state index contributed by atoms with van der Waals surface area (Å²) in [5, 5.41) is 9.18. The monoisotopic (exact) mass is 635 g/mol. The SMILES string of the molecule is O=C(O)CN1C(=S)S/C(=C\c2ccc(OCCc3ccc(F)cc3)c(OCc3ccccc3)c2)C1I. The van der Waals surface area contributed by atoms with E-state index in [2.05, 4.69) is 22.6 Å². The van der Waals surface area contributed by atoms with Gasteiger partial charge in [-0.25, -0.2) is 4.39 Å². The Morgan fingerprint density at radius 1 is 1.06 bits per heavy atom. The lowest BCUT2D eigenvalue weighted by Gasteiger charge is -2.18. The van der Waals surface area contributed by atoms with Crippen molar-refractivity contribution >= 4 is 62.9 Å². The fourth-order valence-corrected chi connectivity index (χ4v) is 6.30. The summed E-state index contributed by atoms with van der Waals surface area (Å²) in [6.07, 6.45) is 2.63. The summed E-state index contributed by atoms with van der Waals surface area (Å²) in [5.41, 5.74) is 2.91. The Morgan fingerprint density at radius 3 is 2.53 bits per heavy atom. The number of thioether (sulfide) groups is 1. The van der Waals surface area contributed by atoms with Crippen LogP contribution in [0.3, 0.4) is 0 Å². The molecule has 1 aliphatic rings. The molecule has 1 N–H and O–H groups in total. The second kappa shape index (κ2) is 12.6. The summed E-state index contributed by atoms with van der Waals surface area (Å²) >= 11 is 8.98. The summed E-state index contributed by atoms with van der Waals surface area (Å²) in [5.74, 6) is 0.0372. The number of hydrogen-bond donors (Lipinski definition) is 1. The van der Waals surface area contributed by atoms with Gasteiger partial charge in [0, 0.05) is 11.3 Å². The van der Waals surface area contributed by atoms with Gasteiger partial charge < -0.3 is 19.5 Å². The number of alkyl halides is 1. The molecule has 5 nitrogen and oxygen atoms in total. The fraction of sp³-hybridized carbons (Fsp3) is 0.185. The first-order valence-corrected chi connectivity index (χ1v) is 13.6. The molecule has 0 bridgehead atoms. The maximum Gasteiger partial charge on any atom is 0.323 e. The van der Waals surface area contributed by atoms with Crippen LogP contribution in [0.1, 0.15) is 16.7 Å². The quantitative estimate of drug-likeness (QED) is 0.117. The number of ether oxygens (including phenoxy) is 2. The molecule has 186 valence electrons. The van der Waals surface area contributed by atoms with Crippen molar-refractivity contribution in [2.45, 2.75) is 17.1 Å². The Bertz CT molecular complexity index is 1250. The van der Waals surface area contributed by atoms with Crippen LogP contribution in [-0.2, 0) is 17.8 Å². The second-order valence-corrected chi connectivity index (χ2v) is 10.9. The highest BCUT2D eigenvalue weighted by molar-refractivity contribution is 14.1. The van der Waals surface area contributed by atoms with E-state index < -0.39 is 5.97 Å². The van der Waals surface area contributed by atoms with E-state index in [9.17, 15) is 14.3 Å². The van der Waals surface area contributed by atoms with Gasteiger partial charge in [-0.1, -0.05) is 95.1 Å². The van der Waals surface area contributed by atoms with Gasteiger partial charge in [-0.3, -0.25) is 4.79 Å². The average molecular weight is 636 g/mol. The van der Waals surface area contributed by atoms with E-state index in [1.807, 2.05) is 54.6 Å². The van der Waals surface area contributed by atoms with Crippen molar-refractivity contribution in [2.75, 3.05) is 13.2 Å². The molecular formula is C27H23FINO4S2. The molecule has 1 aliphatic heterocycles. The molecule has 0 aromatic heterocycles. The standard InChI is InChI=1S/C27H23FINO4S2/c28-21-9-6-18(7-10-21)12-13-33-22-11-8-20(14-23(22)34-17-19-4-2-1-3-5-19)15-24-26(29)30(16-25(31)32)27(35)36-24/h1-11,14-15,26H,12-13,16-17H2,(H,31,32)/b24-15-. The number of rotatable bonds is 10. The van der Waals surface area contributed by atoms with Crippen molar-refractivity contribution in [3.05, 3.63) is 100 Å². The van der Waals surface area contributed by atoms with Crippen LogP contribution in [-0.4, -0.2) is 37.5 Å². The molecule has 0 aliphatic carbocycles. The maximum atomic E-state index is 13.2. The average Bonchev–Trinajstić information content (AvgIpc) is 3.12. The van der Waals surface area contributed by atoms with Crippen molar-refractivity contribution in [1.29, 1.82) is 0 Å². The number of carbonyl (C=O) groups is 1. The van der Waals surface area contributed by atoms with E-state index in [0.717, 1.165) is 21.6 Å². The number of nitrogens with zero attached hydrogens (tertiary/aromatic N) is 1. The summed E-state index contributed by atoms with van der Waals surface area (Å²) in [7, 11) is 0. The molecule has 36 heavy (non-hydrogen) atoms. The maximum absolute atomic E-state index is 13.2. The van der Waals surface area contributed by atoms with Gasteiger partial charge in [-0.15, -0.1) is 0 Å². The number of halogens is 2. The number of aliphatic carboxylic acids is 1. The molecule has 3 aromatic carbocycles. The van der Waals surface area contributed by atoms with Crippen LogP contribution in [0, 0.1) is 5.82 Å². The van der Waals surface area contributed by atoms with Crippen molar-refractivity contribution in [3.8, 4) is 11.5 Å². The minimum atomic E-state index is -0.917. The number of thiocarbonyl (C=S) groups is 1. The number of benzene rings is 3. The lowest BCUT2D eigenvalue weighted by atomic mass is 10.1. The van der Waals surface area contributed by atoms with E-state index in [0.29, 0.717) is 35.5 Å². The van der Waals surface area contributed by atoms with Crippen molar-refractivity contribution in [3.63, 3.8) is 0 Å². The zero-order valence-electron chi connectivity index (χ0n) is 19.1. The third-order valence-electron chi connectivity index (χ3n) is 5.33. The Labute approximate surface area is 232 Å². The Kier molecular flexibility index (Phi) is 9.22. The smallest absolute Gasteiger partial charge is 0.323 e. The fourth-order valence-electron chi connectivity index (χ4n) is 3.52. The van der Waals surface area contributed by atoms with Crippen LogP contribution in [0.25, 0.3) is 6.08 Å². The molecule has 0 amide bonds. The summed E-state index contributed by atoms with van der Waals surface area (Å²) in [6, 6.07) is 22.0. The number of carboxylic acid groups (broad SMARTS) is 1. The van der Waals surface area contributed by atoms with E-state index >= 15 is 0 Å². The Morgan fingerprint density at radius 2 is 1.81 bits per heavy atom. The van der Waals surface area contributed by atoms with Crippen molar-refractivity contribution in [2.24, 2.45) is 0 Å². The highest BCUT2D eigenvalue weighted by Gasteiger charge is 2.32. The lowest BCUT2D eigenvalue weighted by Crippen LogP contribution is -2.33. The van der Waals surface area contributed by atoms with E-state index in [1.165, 1.54) is 23.9 Å². The van der Waals surface area contributed by atoms with Gasteiger partial charge in [0.2, 0.25) is 0 Å². The van der Waals surface area contributed by atoms with Crippen LogP contribution in [0.5, 0.6) is 11.5 Å². The highest BCUT2D eigenvalue weighted by Crippen LogP contribution is 2.40. The topological polar surface area (TPSA) is 59.0 Å². The van der Waals surface area contributed by atoms with Crippen molar-refractivity contribution in [1.82, 2.24) is 4.90 Å². The van der Waals surface area contributed by atoms with E-state index in [1.54, 1.807) is 17.0 Å². The third kappa shape index (κ3) is 7.21. The van der Waals surface area contributed by atoms with Gasteiger partial charge in [0.05, 0.1) is 6.61 Å². The van der Waals surface area contributed by atoms with Gasteiger partial charge in [-0.05, 0) is 47.0 Å². The third-order valence-corrected chi connectivity index (χ3v) is 8.57. The summed E-state index contributed by atoms with van der Waals surface area (Å²) in [6.45, 7) is 0.663. The summed E-state index contributed by atoms with van der Waals surface area (Å²) in [4.78, 5) is 13.8. The van der Waals surface area contributed by atoms with Gasteiger partial charge in [0.1, 0.15) is 27.3 Å². The largest absolute Gasteiger partial charge is 0.489 e. The molecule has 3 aromatic rings. The summed E-state index contributed by atoms with van der Waals surface area (Å²) < 4.78 is 25.7. The Hall–Kier alpha value is -2.63. The minimum absolute atomic E-state index is 0.136.